The Hall–Kier alpha value is -3.32. The summed E-state index contributed by atoms with van der Waals surface area (Å²) in [5, 5.41) is 5.54. The number of rotatable bonds is 3. The second kappa shape index (κ2) is 7.87. The highest BCUT2D eigenvalue weighted by atomic mass is 35.5. The Balaban J connectivity index is 1.42. The average molecular weight is 477 g/mol. The van der Waals surface area contributed by atoms with Crippen LogP contribution in [0.25, 0.3) is 22.4 Å². The van der Waals surface area contributed by atoms with Crippen LogP contribution < -0.4 is 4.74 Å². The maximum atomic E-state index is 13.8. The monoisotopic (exact) mass is 476 g/mol. The first kappa shape index (κ1) is 21.2. The lowest BCUT2D eigenvalue weighted by atomic mass is 9.81. The predicted octanol–water partition coefficient (Wildman–Crippen LogP) is 5.49. The van der Waals surface area contributed by atoms with Gasteiger partial charge in [-0.2, -0.15) is 5.10 Å². The second-order valence-electron chi connectivity index (χ2n) is 9.15. The van der Waals surface area contributed by atoms with Crippen molar-refractivity contribution in [2.24, 2.45) is 7.05 Å². The van der Waals surface area contributed by atoms with Crippen LogP contribution >= 0.6 is 11.6 Å². The van der Waals surface area contributed by atoms with Gasteiger partial charge in [0.25, 0.3) is 5.91 Å². The molecule has 2 aromatic carbocycles. The van der Waals surface area contributed by atoms with Crippen molar-refractivity contribution in [1.82, 2.24) is 19.7 Å². The number of aryl methyl sites for hydroxylation is 2. The van der Waals surface area contributed by atoms with Crippen molar-refractivity contribution < 1.29 is 13.9 Å². The largest absolute Gasteiger partial charge is 0.497 e. The minimum atomic E-state index is -0.0526. The molecule has 174 valence electrons. The quantitative estimate of drug-likeness (QED) is 0.391. The van der Waals surface area contributed by atoms with Gasteiger partial charge in [0.15, 0.2) is 11.5 Å². The molecular formula is C26H25ClN4O3. The van der Waals surface area contributed by atoms with Crippen LogP contribution in [0.2, 0.25) is 5.02 Å². The summed E-state index contributed by atoms with van der Waals surface area (Å²) in [6, 6.07) is 11.3. The Morgan fingerprint density at radius 2 is 2.06 bits per heavy atom. The molecule has 2 aliphatic heterocycles. The van der Waals surface area contributed by atoms with Gasteiger partial charge in [-0.25, -0.2) is 4.98 Å². The molecule has 1 saturated heterocycles. The van der Waals surface area contributed by atoms with E-state index in [4.69, 9.17) is 25.9 Å². The molecule has 0 radical (unpaired) electrons. The lowest BCUT2D eigenvalue weighted by molar-refractivity contribution is 0.0392. The van der Waals surface area contributed by atoms with E-state index < -0.39 is 0 Å². The Labute approximate surface area is 202 Å². The Morgan fingerprint density at radius 1 is 1.21 bits per heavy atom. The van der Waals surface area contributed by atoms with Crippen molar-refractivity contribution in [1.29, 1.82) is 0 Å². The van der Waals surface area contributed by atoms with Gasteiger partial charge >= 0.3 is 0 Å². The maximum absolute atomic E-state index is 13.8. The van der Waals surface area contributed by atoms with Gasteiger partial charge < -0.3 is 14.1 Å². The predicted molar refractivity (Wildman–Crippen MR) is 129 cm³/mol. The molecule has 0 unspecified atom stereocenters. The summed E-state index contributed by atoms with van der Waals surface area (Å²) >= 11 is 6.38. The van der Waals surface area contributed by atoms with E-state index in [0.29, 0.717) is 27.8 Å². The summed E-state index contributed by atoms with van der Waals surface area (Å²) in [6.07, 6.45) is 3.71. The molecule has 0 N–H and O–H groups in total. The van der Waals surface area contributed by atoms with Crippen LogP contribution in [0.4, 0.5) is 0 Å². The number of benzene rings is 2. The SMILES string of the molecule is COc1cc(Cl)cc(-c2c3c(nn2C)[C@@H]2CCC[C@H](C3)N2C(=O)c2ccc3nc(C)oc3c2)c1. The van der Waals surface area contributed by atoms with Crippen molar-refractivity contribution >= 4 is 28.6 Å². The van der Waals surface area contributed by atoms with E-state index in [1.807, 2.05) is 53.9 Å². The van der Waals surface area contributed by atoms with Crippen molar-refractivity contribution in [3.8, 4) is 17.0 Å². The highest BCUT2D eigenvalue weighted by Gasteiger charge is 2.43. The molecule has 34 heavy (non-hydrogen) atoms. The Kier molecular flexibility index (Phi) is 4.92. The lowest BCUT2D eigenvalue weighted by Crippen LogP contribution is -2.49. The van der Waals surface area contributed by atoms with Gasteiger partial charge in [0.1, 0.15) is 11.3 Å². The molecule has 2 aliphatic rings. The van der Waals surface area contributed by atoms with Gasteiger partial charge in [0, 0.05) is 41.7 Å². The number of fused-ring (bicyclic) bond motifs is 5. The summed E-state index contributed by atoms with van der Waals surface area (Å²) in [5.74, 6) is 1.33. The van der Waals surface area contributed by atoms with E-state index in [0.717, 1.165) is 48.2 Å². The number of halogens is 1. The molecule has 8 heteroatoms. The molecule has 1 fully saturated rings. The number of ether oxygens (including phenoxy) is 1. The molecule has 7 nitrogen and oxygen atoms in total. The number of methoxy groups -OCH3 is 1. The number of aromatic nitrogens is 3. The van der Waals surface area contributed by atoms with E-state index in [1.54, 1.807) is 13.2 Å². The minimum Gasteiger partial charge on any atom is -0.497 e. The topological polar surface area (TPSA) is 73.4 Å². The van der Waals surface area contributed by atoms with Crippen LogP contribution in [0.15, 0.2) is 40.8 Å². The molecule has 6 rings (SSSR count). The standard InChI is InChI=1S/C26H25ClN4O3/c1-14-28-21-8-7-15(11-23(21)34-14)26(32)31-18-5-4-6-22(31)24-20(13-18)25(30(2)29-24)16-9-17(27)12-19(10-16)33-3/h7-12,18,22H,4-6,13H2,1-3H3/t18-,22+/m1/s1. The highest BCUT2D eigenvalue weighted by molar-refractivity contribution is 6.31. The number of oxazole rings is 1. The summed E-state index contributed by atoms with van der Waals surface area (Å²) < 4.78 is 13.0. The molecule has 2 atom stereocenters. The van der Waals surface area contributed by atoms with Gasteiger partial charge in [-0.05, 0) is 62.1 Å². The molecule has 1 amide bonds. The van der Waals surface area contributed by atoms with Crippen LogP contribution in [0, 0.1) is 6.92 Å². The first-order chi connectivity index (χ1) is 16.4. The zero-order valence-electron chi connectivity index (χ0n) is 19.3. The summed E-state index contributed by atoms with van der Waals surface area (Å²) in [7, 11) is 3.59. The maximum Gasteiger partial charge on any atom is 0.254 e. The van der Waals surface area contributed by atoms with Crippen LogP contribution in [-0.2, 0) is 13.5 Å². The fraction of sp³-hybridized carbons (Fsp3) is 0.346. The van der Waals surface area contributed by atoms with E-state index in [9.17, 15) is 4.79 Å². The fourth-order valence-corrected chi connectivity index (χ4v) is 5.87. The van der Waals surface area contributed by atoms with Gasteiger partial charge in [-0.15, -0.1) is 0 Å². The van der Waals surface area contributed by atoms with Crippen molar-refractivity contribution in [2.75, 3.05) is 7.11 Å². The summed E-state index contributed by atoms with van der Waals surface area (Å²) in [4.78, 5) is 20.2. The molecule has 4 heterocycles. The van der Waals surface area contributed by atoms with E-state index >= 15 is 0 Å². The molecule has 4 aromatic rings. The van der Waals surface area contributed by atoms with Crippen LogP contribution in [0.5, 0.6) is 5.75 Å². The van der Waals surface area contributed by atoms with E-state index in [2.05, 4.69) is 4.98 Å². The third-order valence-corrected chi connectivity index (χ3v) is 7.25. The number of hydrogen-bond acceptors (Lipinski definition) is 5. The first-order valence-electron chi connectivity index (χ1n) is 11.5. The molecule has 0 spiro atoms. The molecular weight excluding hydrogens is 452 g/mol. The normalized spacial score (nSPS) is 19.4. The third kappa shape index (κ3) is 3.29. The number of carbonyl (C=O) groups is 1. The van der Waals surface area contributed by atoms with Gasteiger partial charge in [0.2, 0.25) is 0 Å². The fourth-order valence-electron chi connectivity index (χ4n) is 5.65. The van der Waals surface area contributed by atoms with Crippen molar-refractivity contribution in [3.63, 3.8) is 0 Å². The van der Waals surface area contributed by atoms with E-state index in [1.165, 1.54) is 5.56 Å². The summed E-state index contributed by atoms with van der Waals surface area (Å²) in [6.45, 7) is 1.81. The Bertz CT molecular complexity index is 1440. The third-order valence-electron chi connectivity index (χ3n) is 7.03. The molecule has 2 bridgehead atoms. The van der Waals surface area contributed by atoms with Gasteiger partial charge in [0.05, 0.1) is 24.5 Å². The molecule has 0 aliphatic carbocycles. The van der Waals surface area contributed by atoms with Gasteiger partial charge in [-0.3, -0.25) is 9.48 Å². The molecule has 2 aromatic heterocycles. The molecule has 0 saturated carbocycles. The average Bonchev–Trinajstić information content (AvgIpc) is 3.35. The second-order valence-corrected chi connectivity index (χ2v) is 9.58. The highest BCUT2D eigenvalue weighted by Crippen LogP contribution is 2.45. The zero-order valence-corrected chi connectivity index (χ0v) is 20.1. The number of nitrogens with zero attached hydrogens (tertiary/aromatic N) is 4. The number of hydrogen-bond donors (Lipinski definition) is 0. The first-order valence-corrected chi connectivity index (χ1v) is 11.9. The van der Waals surface area contributed by atoms with Crippen LogP contribution in [0.3, 0.4) is 0 Å². The number of amides is 1. The smallest absolute Gasteiger partial charge is 0.254 e. The number of piperidine rings is 1. The van der Waals surface area contributed by atoms with Crippen LogP contribution in [-0.4, -0.2) is 38.7 Å². The van der Waals surface area contributed by atoms with Gasteiger partial charge in [-0.1, -0.05) is 11.6 Å². The summed E-state index contributed by atoms with van der Waals surface area (Å²) in [5.41, 5.74) is 6.23. The van der Waals surface area contributed by atoms with Crippen molar-refractivity contribution in [2.45, 2.75) is 44.7 Å². The minimum absolute atomic E-state index is 0.0212. The lowest BCUT2D eigenvalue weighted by Gasteiger charge is -2.45. The van der Waals surface area contributed by atoms with Crippen LogP contribution in [0.1, 0.15) is 52.8 Å². The van der Waals surface area contributed by atoms with Crippen molar-refractivity contribution in [3.05, 3.63) is 64.1 Å². The number of carbonyl (C=O) groups excluding carboxylic acids is 1. The van der Waals surface area contributed by atoms with E-state index in [-0.39, 0.29) is 18.0 Å². The Morgan fingerprint density at radius 3 is 2.88 bits per heavy atom. The zero-order chi connectivity index (χ0) is 23.6.